The molecule has 1 aliphatic rings. The molecule has 1 aromatic carbocycles. The van der Waals surface area contributed by atoms with Crippen LogP contribution in [0.25, 0.3) is 0 Å². The molecule has 5 nitrogen and oxygen atoms in total. The summed E-state index contributed by atoms with van der Waals surface area (Å²) in [5.74, 6) is -0.0832. The van der Waals surface area contributed by atoms with E-state index in [4.69, 9.17) is 16.3 Å². The van der Waals surface area contributed by atoms with Crippen molar-refractivity contribution in [2.75, 3.05) is 18.6 Å². The number of carboxylic acids is 1. The number of ether oxygens (including phenoxy) is 1. The average Bonchev–Trinajstić information content (AvgIpc) is 2.88. The van der Waals surface area contributed by atoms with Crippen molar-refractivity contribution in [2.24, 2.45) is 0 Å². The Bertz CT molecular complexity index is 543. The third-order valence-corrected chi connectivity index (χ3v) is 4.61. The number of halogens is 1. The first-order valence-electron chi connectivity index (χ1n) is 5.96. The number of carbonyl (C=O) groups excluding carboxylic acids is 1. The lowest BCUT2D eigenvalue weighted by Crippen LogP contribution is -2.54. The molecule has 0 aromatic heterocycles. The van der Waals surface area contributed by atoms with Gasteiger partial charge in [-0.05, 0) is 30.4 Å². The van der Waals surface area contributed by atoms with Gasteiger partial charge in [-0.2, -0.15) is 11.8 Å². The van der Waals surface area contributed by atoms with Gasteiger partial charge >= 0.3 is 5.97 Å². The molecule has 1 amide bonds. The zero-order valence-electron chi connectivity index (χ0n) is 10.8. The molecular weight excluding hydrogens is 302 g/mol. The monoisotopic (exact) mass is 315 g/mol. The summed E-state index contributed by atoms with van der Waals surface area (Å²) >= 11 is 7.38. The molecule has 1 unspecified atom stereocenters. The lowest BCUT2D eigenvalue weighted by Gasteiger charge is -2.25. The Balaban J connectivity index is 2.28. The number of benzene rings is 1. The quantitative estimate of drug-likeness (QED) is 0.889. The second-order valence-electron chi connectivity index (χ2n) is 4.49. The summed E-state index contributed by atoms with van der Waals surface area (Å²) in [5, 5.41) is 12.4. The summed E-state index contributed by atoms with van der Waals surface area (Å²) in [5.41, 5.74) is -0.979. The van der Waals surface area contributed by atoms with Crippen LogP contribution in [0.15, 0.2) is 18.2 Å². The molecule has 0 bridgehead atoms. The molecule has 2 N–H and O–H groups in total. The molecular formula is C13H14ClNO4S. The molecule has 0 spiro atoms. The van der Waals surface area contributed by atoms with Crippen LogP contribution in [0.5, 0.6) is 5.75 Å². The van der Waals surface area contributed by atoms with Crippen LogP contribution in [0, 0.1) is 0 Å². The van der Waals surface area contributed by atoms with E-state index in [0.29, 0.717) is 28.7 Å². The lowest BCUT2D eigenvalue weighted by atomic mass is 9.98. The van der Waals surface area contributed by atoms with Crippen LogP contribution >= 0.6 is 23.4 Å². The highest BCUT2D eigenvalue weighted by Gasteiger charge is 2.43. The Morgan fingerprint density at radius 1 is 1.50 bits per heavy atom. The fraction of sp³-hybridized carbons (Fsp3) is 0.385. The van der Waals surface area contributed by atoms with Crippen LogP contribution in [-0.2, 0) is 4.79 Å². The lowest BCUT2D eigenvalue weighted by molar-refractivity contribution is -0.143. The van der Waals surface area contributed by atoms with Crippen molar-refractivity contribution in [1.29, 1.82) is 0 Å². The molecule has 0 radical (unpaired) electrons. The fourth-order valence-corrected chi connectivity index (χ4v) is 3.53. The zero-order valence-corrected chi connectivity index (χ0v) is 12.4. The van der Waals surface area contributed by atoms with Gasteiger partial charge in [-0.3, -0.25) is 4.79 Å². The summed E-state index contributed by atoms with van der Waals surface area (Å²) < 4.78 is 5.11. The van der Waals surface area contributed by atoms with E-state index in [-0.39, 0.29) is 5.56 Å². The zero-order chi connectivity index (χ0) is 14.8. The highest BCUT2D eigenvalue weighted by Crippen LogP contribution is 2.30. The molecule has 1 saturated heterocycles. The number of aliphatic carboxylic acids is 1. The molecule has 1 fully saturated rings. The third-order valence-electron chi connectivity index (χ3n) is 3.19. The Morgan fingerprint density at radius 2 is 2.25 bits per heavy atom. The smallest absolute Gasteiger partial charge is 0.330 e. The second-order valence-corrected chi connectivity index (χ2v) is 6.03. The Hall–Kier alpha value is -1.40. The van der Waals surface area contributed by atoms with E-state index in [0.717, 1.165) is 0 Å². The highest BCUT2D eigenvalue weighted by molar-refractivity contribution is 7.99. The van der Waals surface area contributed by atoms with E-state index in [2.05, 4.69) is 5.32 Å². The standard InChI is InChI=1S/C13H14ClNO4S/c1-19-10-3-2-8(14)6-9(10)11(16)15-13(12(17)18)4-5-20-7-13/h2-3,6H,4-5,7H2,1H3,(H,15,16)(H,17,18). The van der Waals surface area contributed by atoms with Crippen molar-refractivity contribution in [2.45, 2.75) is 12.0 Å². The van der Waals surface area contributed by atoms with Crippen LogP contribution in [-0.4, -0.2) is 41.1 Å². The normalized spacial score (nSPS) is 21.5. The predicted molar refractivity (Wildman–Crippen MR) is 77.8 cm³/mol. The molecule has 0 saturated carbocycles. The number of nitrogens with one attached hydrogen (secondary N) is 1. The first kappa shape index (κ1) is 15.0. The van der Waals surface area contributed by atoms with Crippen LogP contribution < -0.4 is 10.1 Å². The highest BCUT2D eigenvalue weighted by atomic mass is 35.5. The molecule has 1 atom stereocenters. The maximum absolute atomic E-state index is 12.3. The Kier molecular flexibility index (Phi) is 4.45. The van der Waals surface area contributed by atoms with Gasteiger partial charge < -0.3 is 15.2 Å². The number of rotatable bonds is 4. The summed E-state index contributed by atoms with van der Waals surface area (Å²) in [6, 6.07) is 4.65. The minimum Gasteiger partial charge on any atom is -0.496 e. The van der Waals surface area contributed by atoms with Crippen molar-refractivity contribution < 1.29 is 19.4 Å². The topological polar surface area (TPSA) is 75.6 Å². The minimum atomic E-state index is -1.21. The molecule has 2 rings (SSSR count). The number of thioether (sulfide) groups is 1. The first-order valence-corrected chi connectivity index (χ1v) is 7.49. The number of carboxylic acid groups (broad SMARTS) is 1. The molecule has 1 heterocycles. The van der Waals surface area contributed by atoms with Gasteiger partial charge in [0.1, 0.15) is 11.3 Å². The number of hydrogen-bond acceptors (Lipinski definition) is 4. The number of methoxy groups -OCH3 is 1. The molecule has 7 heteroatoms. The van der Waals surface area contributed by atoms with Gasteiger partial charge in [0.25, 0.3) is 5.91 Å². The van der Waals surface area contributed by atoms with E-state index in [1.807, 2.05) is 0 Å². The van der Waals surface area contributed by atoms with Gasteiger partial charge in [0.05, 0.1) is 12.7 Å². The SMILES string of the molecule is COc1ccc(Cl)cc1C(=O)NC1(C(=O)O)CCSC1. The second kappa shape index (κ2) is 5.93. The van der Waals surface area contributed by atoms with Gasteiger partial charge in [0.15, 0.2) is 0 Å². The number of amides is 1. The molecule has 108 valence electrons. The van der Waals surface area contributed by atoms with Gasteiger partial charge in [0, 0.05) is 10.8 Å². The molecule has 20 heavy (non-hydrogen) atoms. The summed E-state index contributed by atoms with van der Waals surface area (Å²) in [7, 11) is 1.44. The summed E-state index contributed by atoms with van der Waals surface area (Å²) in [6.07, 6.45) is 0.404. The van der Waals surface area contributed by atoms with Crippen LogP contribution in [0.2, 0.25) is 5.02 Å². The van der Waals surface area contributed by atoms with Crippen LogP contribution in [0.4, 0.5) is 0 Å². The van der Waals surface area contributed by atoms with E-state index < -0.39 is 17.4 Å². The Labute approximate surface area is 125 Å². The van der Waals surface area contributed by atoms with Gasteiger partial charge in [-0.15, -0.1) is 0 Å². The maximum Gasteiger partial charge on any atom is 0.330 e. The fourth-order valence-electron chi connectivity index (χ4n) is 2.03. The van der Waals surface area contributed by atoms with E-state index >= 15 is 0 Å². The first-order chi connectivity index (χ1) is 9.48. The van der Waals surface area contributed by atoms with Crippen LogP contribution in [0.1, 0.15) is 16.8 Å². The molecule has 1 aliphatic heterocycles. The largest absolute Gasteiger partial charge is 0.496 e. The van der Waals surface area contributed by atoms with Crippen molar-refractivity contribution >= 4 is 35.2 Å². The molecule has 0 aliphatic carbocycles. The number of hydrogen-bond donors (Lipinski definition) is 2. The van der Waals surface area contributed by atoms with E-state index in [1.165, 1.54) is 24.9 Å². The van der Waals surface area contributed by atoms with Gasteiger partial charge in [-0.25, -0.2) is 4.79 Å². The maximum atomic E-state index is 12.3. The molecule has 1 aromatic rings. The van der Waals surface area contributed by atoms with Crippen molar-refractivity contribution in [1.82, 2.24) is 5.32 Å². The Morgan fingerprint density at radius 3 is 2.80 bits per heavy atom. The minimum absolute atomic E-state index is 0.234. The van der Waals surface area contributed by atoms with Crippen LogP contribution in [0.3, 0.4) is 0 Å². The van der Waals surface area contributed by atoms with E-state index in [9.17, 15) is 14.7 Å². The van der Waals surface area contributed by atoms with Gasteiger partial charge in [-0.1, -0.05) is 11.6 Å². The predicted octanol–water partition coefficient (Wildman–Crippen LogP) is 2.04. The van der Waals surface area contributed by atoms with E-state index in [1.54, 1.807) is 12.1 Å². The van der Waals surface area contributed by atoms with Crippen molar-refractivity contribution in [3.8, 4) is 5.75 Å². The number of carbonyl (C=O) groups is 2. The third kappa shape index (κ3) is 2.86. The van der Waals surface area contributed by atoms with Gasteiger partial charge in [0.2, 0.25) is 0 Å². The van der Waals surface area contributed by atoms with Crippen molar-refractivity contribution in [3.05, 3.63) is 28.8 Å². The average molecular weight is 316 g/mol. The summed E-state index contributed by atoms with van der Waals surface area (Å²) in [6.45, 7) is 0. The summed E-state index contributed by atoms with van der Waals surface area (Å²) in [4.78, 5) is 23.7. The van der Waals surface area contributed by atoms with Crippen molar-refractivity contribution in [3.63, 3.8) is 0 Å².